The van der Waals surface area contributed by atoms with Crippen molar-refractivity contribution in [3.63, 3.8) is 0 Å². The molecule has 0 spiro atoms. The summed E-state index contributed by atoms with van der Waals surface area (Å²) in [6.07, 6.45) is 0.0522. The van der Waals surface area contributed by atoms with Gasteiger partial charge in [-0.25, -0.2) is 4.79 Å². The van der Waals surface area contributed by atoms with Crippen LogP contribution in [0, 0.1) is 5.92 Å². The van der Waals surface area contributed by atoms with Gasteiger partial charge in [-0.15, -0.1) is 0 Å². The van der Waals surface area contributed by atoms with E-state index in [1.165, 1.54) is 18.9 Å². The highest BCUT2D eigenvalue weighted by Gasteiger charge is 2.35. The molecule has 3 rings (SSSR count). The molecule has 0 bridgehead atoms. The Hall–Kier alpha value is -3.68. The van der Waals surface area contributed by atoms with Crippen molar-refractivity contribution in [1.82, 2.24) is 0 Å². The SMILES string of the molecule is COC(=O)c1ccccc1NC(=O)C1CC(=O)N(c2cccc(NC(C)=O)c2)C1. The maximum atomic E-state index is 12.7. The summed E-state index contributed by atoms with van der Waals surface area (Å²) < 4.78 is 4.73. The first-order valence-corrected chi connectivity index (χ1v) is 9.05. The molecule has 0 radical (unpaired) electrons. The monoisotopic (exact) mass is 395 g/mol. The number of esters is 1. The number of nitrogens with one attached hydrogen (secondary N) is 2. The number of methoxy groups -OCH3 is 1. The summed E-state index contributed by atoms with van der Waals surface area (Å²) in [5.41, 5.74) is 1.75. The third-order valence-electron chi connectivity index (χ3n) is 4.56. The minimum atomic E-state index is -0.572. The molecular formula is C21H21N3O5. The Balaban J connectivity index is 1.73. The van der Waals surface area contributed by atoms with Gasteiger partial charge in [0, 0.05) is 31.3 Å². The van der Waals surface area contributed by atoms with E-state index in [9.17, 15) is 19.2 Å². The van der Waals surface area contributed by atoms with Crippen LogP contribution in [0.15, 0.2) is 48.5 Å². The highest BCUT2D eigenvalue weighted by Crippen LogP contribution is 2.28. The number of anilines is 3. The molecule has 0 aromatic heterocycles. The molecule has 1 heterocycles. The molecular weight excluding hydrogens is 374 g/mol. The zero-order valence-electron chi connectivity index (χ0n) is 16.1. The Bertz CT molecular complexity index is 972. The molecule has 1 saturated heterocycles. The van der Waals surface area contributed by atoms with Crippen LogP contribution in [0.3, 0.4) is 0 Å². The second-order valence-corrected chi connectivity index (χ2v) is 6.66. The number of rotatable bonds is 5. The van der Waals surface area contributed by atoms with Gasteiger partial charge in [-0.3, -0.25) is 14.4 Å². The quantitative estimate of drug-likeness (QED) is 0.757. The molecule has 1 fully saturated rings. The van der Waals surface area contributed by atoms with Gasteiger partial charge in [0.2, 0.25) is 17.7 Å². The molecule has 0 aliphatic carbocycles. The smallest absolute Gasteiger partial charge is 0.339 e. The van der Waals surface area contributed by atoms with E-state index in [0.29, 0.717) is 17.1 Å². The number of nitrogens with zero attached hydrogens (tertiary/aromatic N) is 1. The highest BCUT2D eigenvalue weighted by molar-refractivity contribution is 6.06. The fourth-order valence-corrected chi connectivity index (χ4v) is 3.20. The number of carbonyl (C=O) groups is 4. The van der Waals surface area contributed by atoms with Crippen molar-refractivity contribution in [2.75, 3.05) is 29.2 Å². The van der Waals surface area contributed by atoms with Gasteiger partial charge in [-0.2, -0.15) is 0 Å². The van der Waals surface area contributed by atoms with Crippen LogP contribution in [0.4, 0.5) is 17.1 Å². The lowest BCUT2D eigenvalue weighted by molar-refractivity contribution is -0.122. The zero-order valence-corrected chi connectivity index (χ0v) is 16.1. The van der Waals surface area contributed by atoms with Gasteiger partial charge in [-0.05, 0) is 30.3 Å². The summed E-state index contributed by atoms with van der Waals surface area (Å²) in [6.45, 7) is 1.61. The van der Waals surface area contributed by atoms with Crippen molar-refractivity contribution in [2.24, 2.45) is 5.92 Å². The van der Waals surface area contributed by atoms with Gasteiger partial charge in [-0.1, -0.05) is 18.2 Å². The summed E-state index contributed by atoms with van der Waals surface area (Å²) in [6, 6.07) is 13.4. The molecule has 2 aromatic rings. The van der Waals surface area contributed by atoms with Crippen LogP contribution < -0.4 is 15.5 Å². The van der Waals surface area contributed by atoms with Crippen LogP contribution in [0.5, 0.6) is 0 Å². The maximum Gasteiger partial charge on any atom is 0.339 e. The first-order chi connectivity index (χ1) is 13.9. The minimum absolute atomic E-state index is 0.0522. The molecule has 1 unspecified atom stereocenters. The minimum Gasteiger partial charge on any atom is -0.465 e. The largest absolute Gasteiger partial charge is 0.465 e. The first-order valence-electron chi connectivity index (χ1n) is 9.05. The number of ether oxygens (including phenoxy) is 1. The Morgan fingerprint density at radius 3 is 2.55 bits per heavy atom. The van der Waals surface area contributed by atoms with Gasteiger partial charge in [0.1, 0.15) is 0 Å². The summed E-state index contributed by atoms with van der Waals surface area (Å²) in [5.74, 6) is -1.88. The molecule has 8 heteroatoms. The molecule has 2 N–H and O–H groups in total. The molecule has 1 atom stereocenters. The zero-order chi connectivity index (χ0) is 21.0. The van der Waals surface area contributed by atoms with Crippen molar-refractivity contribution in [1.29, 1.82) is 0 Å². The van der Waals surface area contributed by atoms with E-state index >= 15 is 0 Å². The van der Waals surface area contributed by atoms with E-state index in [0.717, 1.165) is 0 Å². The second-order valence-electron chi connectivity index (χ2n) is 6.66. The van der Waals surface area contributed by atoms with Crippen molar-refractivity contribution >= 4 is 40.8 Å². The lowest BCUT2D eigenvalue weighted by Crippen LogP contribution is -2.28. The van der Waals surface area contributed by atoms with E-state index in [1.807, 2.05) is 0 Å². The lowest BCUT2D eigenvalue weighted by Gasteiger charge is -2.18. The number of hydrogen-bond donors (Lipinski definition) is 2. The Labute approximate surface area is 167 Å². The Kier molecular flexibility index (Phi) is 5.92. The van der Waals surface area contributed by atoms with Crippen LogP contribution in [0.1, 0.15) is 23.7 Å². The van der Waals surface area contributed by atoms with E-state index in [2.05, 4.69) is 10.6 Å². The first kappa shape index (κ1) is 20.1. The number of amides is 3. The molecule has 8 nitrogen and oxygen atoms in total. The van der Waals surface area contributed by atoms with E-state index in [-0.39, 0.29) is 36.3 Å². The van der Waals surface area contributed by atoms with Crippen molar-refractivity contribution in [3.8, 4) is 0 Å². The fourth-order valence-electron chi connectivity index (χ4n) is 3.20. The van der Waals surface area contributed by atoms with Gasteiger partial charge >= 0.3 is 5.97 Å². The summed E-state index contributed by atoms with van der Waals surface area (Å²) in [4.78, 5) is 49.8. The van der Waals surface area contributed by atoms with Crippen LogP contribution in [0.25, 0.3) is 0 Å². The summed E-state index contributed by atoms with van der Waals surface area (Å²) in [7, 11) is 1.27. The number of hydrogen-bond acceptors (Lipinski definition) is 5. The predicted octanol–water partition coefficient (Wildman–Crippen LogP) is 2.42. The summed E-state index contributed by atoms with van der Waals surface area (Å²) in [5, 5.41) is 5.39. The number of carbonyl (C=O) groups excluding carboxylic acids is 4. The molecule has 1 aliphatic heterocycles. The second kappa shape index (κ2) is 8.55. The van der Waals surface area contributed by atoms with E-state index in [1.54, 1.807) is 48.5 Å². The van der Waals surface area contributed by atoms with Crippen LogP contribution in [0.2, 0.25) is 0 Å². The number of para-hydroxylation sites is 1. The molecule has 29 heavy (non-hydrogen) atoms. The third-order valence-corrected chi connectivity index (χ3v) is 4.56. The highest BCUT2D eigenvalue weighted by atomic mass is 16.5. The maximum absolute atomic E-state index is 12.7. The average Bonchev–Trinajstić information content (AvgIpc) is 3.09. The van der Waals surface area contributed by atoms with Gasteiger partial charge in [0.25, 0.3) is 0 Å². The molecule has 0 saturated carbocycles. The van der Waals surface area contributed by atoms with Crippen LogP contribution in [-0.2, 0) is 19.1 Å². The van der Waals surface area contributed by atoms with E-state index in [4.69, 9.17) is 4.74 Å². The van der Waals surface area contributed by atoms with Gasteiger partial charge in [0.15, 0.2) is 0 Å². The van der Waals surface area contributed by atoms with Crippen LogP contribution in [-0.4, -0.2) is 37.3 Å². The van der Waals surface area contributed by atoms with Gasteiger partial charge in [0.05, 0.1) is 24.3 Å². The molecule has 1 aliphatic rings. The third kappa shape index (κ3) is 4.60. The van der Waals surface area contributed by atoms with E-state index < -0.39 is 11.9 Å². The summed E-state index contributed by atoms with van der Waals surface area (Å²) >= 11 is 0. The number of benzene rings is 2. The van der Waals surface area contributed by atoms with Crippen LogP contribution >= 0.6 is 0 Å². The van der Waals surface area contributed by atoms with Crippen molar-refractivity contribution < 1.29 is 23.9 Å². The topological polar surface area (TPSA) is 105 Å². The standard InChI is InChI=1S/C21H21N3O5/c1-13(25)22-15-6-5-7-16(11-15)24-12-14(10-19(24)26)20(27)23-18-9-4-3-8-17(18)21(28)29-2/h3-9,11,14H,10,12H2,1-2H3,(H,22,25)(H,23,27). The Morgan fingerprint density at radius 1 is 1.07 bits per heavy atom. The normalized spacial score (nSPS) is 15.7. The molecule has 3 amide bonds. The average molecular weight is 395 g/mol. The Morgan fingerprint density at radius 2 is 1.83 bits per heavy atom. The van der Waals surface area contributed by atoms with Gasteiger partial charge < -0.3 is 20.3 Å². The van der Waals surface area contributed by atoms with Crippen molar-refractivity contribution in [2.45, 2.75) is 13.3 Å². The predicted molar refractivity (Wildman–Crippen MR) is 108 cm³/mol. The molecule has 150 valence electrons. The van der Waals surface area contributed by atoms with Crippen molar-refractivity contribution in [3.05, 3.63) is 54.1 Å². The fraction of sp³-hybridized carbons (Fsp3) is 0.238. The lowest BCUT2D eigenvalue weighted by atomic mass is 10.1. The molecule has 2 aromatic carbocycles.